The van der Waals surface area contributed by atoms with Gasteiger partial charge in [-0.05, 0) is 12.8 Å². The first kappa shape index (κ1) is 7.49. The molecule has 1 aromatic heterocycles. The zero-order valence-electron chi connectivity index (χ0n) is 6.64. The molecule has 1 saturated heterocycles. The van der Waals surface area contributed by atoms with E-state index in [-0.39, 0.29) is 6.23 Å². The summed E-state index contributed by atoms with van der Waals surface area (Å²) in [6.45, 7) is 0.779. The first-order chi connectivity index (χ1) is 5.92. The lowest BCUT2D eigenvalue weighted by Crippen LogP contribution is -2.09. The fourth-order valence-corrected chi connectivity index (χ4v) is 1.44. The molecule has 0 unspecified atom stereocenters. The van der Waals surface area contributed by atoms with Crippen LogP contribution in [0.4, 0.5) is 0 Å². The molecule has 1 aromatic rings. The second kappa shape index (κ2) is 3.06. The zero-order valence-corrected chi connectivity index (χ0v) is 6.64. The molecular weight excluding hydrogens is 156 g/mol. The van der Waals surface area contributed by atoms with Gasteiger partial charge >= 0.3 is 0 Å². The van der Waals surface area contributed by atoms with Crippen LogP contribution in [-0.4, -0.2) is 22.4 Å². The van der Waals surface area contributed by atoms with Gasteiger partial charge in [0.05, 0.1) is 0 Å². The maximum atomic E-state index is 10.5. The molecule has 0 radical (unpaired) electrons. The van der Waals surface area contributed by atoms with E-state index in [1.807, 2.05) is 0 Å². The number of rotatable bonds is 2. The quantitative estimate of drug-likeness (QED) is 0.616. The van der Waals surface area contributed by atoms with Gasteiger partial charge in [0.25, 0.3) is 0 Å². The van der Waals surface area contributed by atoms with Gasteiger partial charge in [-0.15, -0.1) is 0 Å². The second-order valence-corrected chi connectivity index (χ2v) is 2.78. The first-order valence-corrected chi connectivity index (χ1v) is 4.01. The van der Waals surface area contributed by atoms with Crippen molar-refractivity contribution in [2.24, 2.45) is 0 Å². The number of aromatic nitrogens is 2. The lowest BCUT2D eigenvalue weighted by Gasteiger charge is -2.11. The van der Waals surface area contributed by atoms with Crippen molar-refractivity contribution < 1.29 is 9.53 Å². The van der Waals surface area contributed by atoms with Gasteiger partial charge in [-0.3, -0.25) is 4.79 Å². The molecule has 0 amide bonds. The molecule has 4 heteroatoms. The minimum absolute atomic E-state index is 0.0210. The summed E-state index contributed by atoms with van der Waals surface area (Å²) < 4.78 is 7.18. The van der Waals surface area contributed by atoms with Crippen LogP contribution in [-0.2, 0) is 4.74 Å². The number of hydrogen-bond acceptors (Lipinski definition) is 3. The summed E-state index contributed by atoms with van der Waals surface area (Å²) >= 11 is 0. The van der Waals surface area contributed by atoms with Crippen molar-refractivity contribution in [3.8, 4) is 0 Å². The molecule has 0 bridgehead atoms. The van der Waals surface area contributed by atoms with Gasteiger partial charge in [-0.1, -0.05) is 0 Å². The Hall–Kier alpha value is -1.16. The normalized spacial score (nSPS) is 22.8. The maximum absolute atomic E-state index is 10.5. The second-order valence-electron chi connectivity index (χ2n) is 2.78. The summed E-state index contributed by atoms with van der Waals surface area (Å²) in [5, 5.41) is 0. The van der Waals surface area contributed by atoms with Crippen molar-refractivity contribution in [2.75, 3.05) is 6.61 Å². The number of carbonyl (C=O) groups excluding carboxylic acids is 1. The fraction of sp³-hybridized carbons (Fsp3) is 0.500. The molecule has 1 aliphatic heterocycles. The number of ether oxygens (including phenoxy) is 1. The molecule has 1 fully saturated rings. The molecule has 0 saturated carbocycles. The molecule has 4 nitrogen and oxygen atoms in total. The minimum Gasteiger partial charge on any atom is -0.358 e. The Morgan fingerprint density at radius 1 is 1.75 bits per heavy atom. The van der Waals surface area contributed by atoms with Crippen molar-refractivity contribution in [3.05, 3.63) is 18.2 Å². The van der Waals surface area contributed by atoms with Crippen molar-refractivity contribution in [3.63, 3.8) is 0 Å². The summed E-state index contributed by atoms with van der Waals surface area (Å²) in [5.74, 6) is 0.446. The molecule has 64 valence electrons. The fourth-order valence-electron chi connectivity index (χ4n) is 1.44. The number of aldehydes is 1. The predicted molar refractivity (Wildman–Crippen MR) is 41.8 cm³/mol. The highest BCUT2D eigenvalue weighted by Crippen LogP contribution is 2.23. The van der Waals surface area contributed by atoms with Crippen molar-refractivity contribution in [1.29, 1.82) is 0 Å². The molecule has 2 heterocycles. The van der Waals surface area contributed by atoms with Crippen LogP contribution in [0.5, 0.6) is 0 Å². The number of carbonyl (C=O) groups is 1. The van der Waals surface area contributed by atoms with Gasteiger partial charge in [0, 0.05) is 19.0 Å². The predicted octanol–water partition coefficient (Wildman–Crippen LogP) is 1.00. The van der Waals surface area contributed by atoms with Crippen LogP contribution < -0.4 is 0 Å². The summed E-state index contributed by atoms with van der Waals surface area (Å²) in [5.41, 5.74) is 0. The molecule has 0 N–H and O–H groups in total. The Morgan fingerprint density at radius 3 is 3.33 bits per heavy atom. The summed E-state index contributed by atoms with van der Waals surface area (Å²) in [4.78, 5) is 14.4. The molecule has 1 atom stereocenters. The Bertz CT molecular complexity index is 276. The van der Waals surface area contributed by atoms with Gasteiger partial charge in [0.15, 0.2) is 12.1 Å². The van der Waals surface area contributed by atoms with Gasteiger partial charge in [0.1, 0.15) is 6.23 Å². The standard InChI is InChI=1S/C8H10N2O2/c11-6-7-9-3-4-10(7)8-2-1-5-12-8/h3-4,6,8H,1-2,5H2/t8-/m0/s1. The Kier molecular flexibility index (Phi) is 1.91. The highest BCUT2D eigenvalue weighted by atomic mass is 16.5. The molecule has 0 spiro atoms. The highest BCUT2D eigenvalue weighted by molar-refractivity contribution is 5.69. The third-order valence-electron chi connectivity index (χ3n) is 2.02. The van der Waals surface area contributed by atoms with E-state index in [0.29, 0.717) is 5.82 Å². The Balaban J connectivity index is 2.25. The minimum atomic E-state index is 0.0210. The summed E-state index contributed by atoms with van der Waals surface area (Å²) in [7, 11) is 0. The van der Waals surface area contributed by atoms with Gasteiger partial charge in [-0.25, -0.2) is 4.98 Å². The van der Waals surface area contributed by atoms with E-state index in [2.05, 4.69) is 4.98 Å². The van der Waals surface area contributed by atoms with Crippen LogP contribution in [0.2, 0.25) is 0 Å². The molecule has 2 rings (SSSR count). The third kappa shape index (κ3) is 1.14. The first-order valence-electron chi connectivity index (χ1n) is 4.01. The summed E-state index contributed by atoms with van der Waals surface area (Å²) in [6, 6.07) is 0. The van der Waals surface area contributed by atoms with E-state index >= 15 is 0 Å². The zero-order chi connectivity index (χ0) is 8.39. The molecule has 0 aliphatic carbocycles. The molecule has 12 heavy (non-hydrogen) atoms. The third-order valence-corrected chi connectivity index (χ3v) is 2.02. The molecule has 0 aromatic carbocycles. The van der Waals surface area contributed by atoms with E-state index < -0.39 is 0 Å². The monoisotopic (exact) mass is 166 g/mol. The maximum Gasteiger partial charge on any atom is 0.185 e. The Morgan fingerprint density at radius 2 is 2.67 bits per heavy atom. The van der Waals surface area contributed by atoms with E-state index in [4.69, 9.17) is 4.74 Å². The van der Waals surface area contributed by atoms with Crippen molar-refractivity contribution >= 4 is 6.29 Å². The molecular formula is C8H10N2O2. The van der Waals surface area contributed by atoms with Crippen LogP contribution >= 0.6 is 0 Å². The molecule has 1 aliphatic rings. The summed E-state index contributed by atoms with van der Waals surface area (Å²) in [6.07, 6.45) is 6.19. The van der Waals surface area contributed by atoms with E-state index in [1.165, 1.54) is 0 Å². The van der Waals surface area contributed by atoms with Crippen LogP contribution in [0.15, 0.2) is 12.4 Å². The van der Waals surface area contributed by atoms with E-state index in [1.54, 1.807) is 17.0 Å². The lowest BCUT2D eigenvalue weighted by atomic mass is 10.3. The van der Waals surface area contributed by atoms with Crippen LogP contribution in [0, 0.1) is 0 Å². The lowest BCUT2D eigenvalue weighted by molar-refractivity contribution is 0.0542. The van der Waals surface area contributed by atoms with Gasteiger partial charge in [-0.2, -0.15) is 0 Å². The largest absolute Gasteiger partial charge is 0.358 e. The van der Waals surface area contributed by atoms with Crippen LogP contribution in [0.1, 0.15) is 29.7 Å². The van der Waals surface area contributed by atoms with Crippen molar-refractivity contribution in [1.82, 2.24) is 9.55 Å². The Labute approximate surface area is 70.2 Å². The van der Waals surface area contributed by atoms with Crippen LogP contribution in [0.25, 0.3) is 0 Å². The van der Waals surface area contributed by atoms with Crippen molar-refractivity contribution in [2.45, 2.75) is 19.1 Å². The number of imidazole rings is 1. The van der Waals surface area contributed by atoms with Crippen LogP contribution in [0.3, 0.4) is 0 Å². The topological polar surface area (TPSA) is 44.1 Å². The van der Waals surface area contributed by atoms with Gasteiger partial charge in [0.2, 0.25) is 0 Å². The SMILES string of the molecule is O=Cc1nccn1[C@@H]1CCCO1. The smallest absolute Gasteiger partial charge is 0.185 e. The number of nitrogens with zero attached hydrogens (tertiary/aromatic N) is 2. The average molecular weight is 166 g/mol. The van der Waals surface area contributed by atoms with E-state index in [9.17, 15) is 4.79 Å². The van der Waals surface area contributed by atoms with E-state index in [0.717, 1.165) is 25.7 Å². The van der Waals surface area contributed by atoms with Gasteiger partial charge < -0.3 is 9.30 Å². The number of hydrogen-bond donors (Lipinski definition) is 0. The average Bonchev–Trinajstić information content (AvgIpc) is 2.74. The highest BCUT2D eigenvalue weighted by Gasteiger charge is 2.18.